The van der Waals surface area contributed by atoms with Crippen molar-refractivity contribution in [1.29, 1.82) is 0 Å². The zero-order valence-corrected chi connectivity index (χ0v) is 8.18. The molecule has 1 aromatic carbocycles. The molecule has 0 aliphatic carbocycles. The molecule has 0 radical (unpaired) electrons. The Bertz CT molecular complexity index is 361. The fourth-order valence-electron chi connectivity index (χ4n) is 1.91. The summed E-state index contributed by atoms with van der Waals surface area (Å²) in [6.07, 6.45) is 1.47. The van der Waals surface area contributed by atoms with Crippen LogP contribution in [0.15, 0.2) is 24.3 Å². The van der Waals surface area contributed by atoms with Gasteiger partial charge in [0.15, 0.2) is 0 Å². The van der Waals surface area contributed by atoms with Gasteiger partial charge in [-0.25, -0.2) is 0 Å². The van der Waals surface area contributed by atoms with Crippen LogP contribution >= 0.6 is 0 Å². The number of benzene rings is 1. The van der Waals surface area contributed by atoms with Crippen LogP contribution < -0.4 is 5.32 Å². The van der Waals surface area contributed by atoms with Crippen molar-refractivity contribution in [3.05, 3.63) is 29.8 Å². The molecule has 2 rings (SSSR count). The largest absolute Gasteiger partial charge is 0.508 e. The Morgan fingerprint density at radius 3 is 2.47 bits per heavy atom. The van der Waals surface area contributed by atoms with Gasteiger partial charge in [-0.3, -0.25) is 10.1 Å². The molecule has 4 heteroatoms. The molecule has 0 unspecified atom stereocenters. The van der Waals surface area contributed by atoms with Gasteiger partial charge in [0.25, 0.3) is 0 Å². The average Bonchev–Trinajstić information content (AvgIpc) is 2.68. The molecule has 2 atom stereocenters. The van der Waals surface area contributed by atoms with Crippen LogP contribution in [0.25, 0.3) is 0 Å². The maximum atomic E-state index is 10.7. The highest BCUT2D eigenvalue weighted by Crippen LogP contribution is 2.27. The maximum Gasteiger partial charge on any atom is 0.320 e. The fraction of sp³-hybridized carbons (Fsp3) is 0.364. The Hall–Kier alpha value is -1.55. The summed E-state index contributed by atoms with van der Waals surface area (Å²) in [4.78, 5) is 10.7. The Morgan fingerprint density at radius 2 is 1.93 bits per heavy atom. The number of hydrogen-bond donors (Lipinski definition) is 3. The molecule has 80 valence electrons. The normalized spacial score (nSPS) is 25.3. The van der Waals surface area contributed by atoms with Crippen molar-refractivity contribution < 1.29 is 15.0 Å². The predicted molar refractivity (Wildman–Crippen MR) is 54.6 cm³/mol. The SMILES string of the molecule is O=C(O)[C@@H]1CC[C@@H](c2ccc(O)cc2)N1. The molecule has 15 heavy (non-hydrogen) atoms. The van der Waals surface area contributed by atoms with Crippen LogP contribution in [0.2, 0.25) is 0 Å². The van der Waals surface area contributed by atoms with Crippen LogP contribution in [-0.4, -0.2) is 22.2 Å². The minimum atomic E-state index is -0.795. The van der Waals surface area contributed by atoms with Gasteiger partial charge in [-0.1, -0.05) is 12.1 Å². The zero-order chi connectivity index (χ0) is 10.8. The molecule has 3 N–H and O–H groups in total. The number of carboxylic acid groups (broad SMARTS) is 1. The van der Waals surface area contributed by atoms with E-state index >= 15 is 0 Å². The van der Waals surface area contributed by atoms with Crippen LogP contribution in [0.3, 0.4) is 0 Å². The minimum Gasteiger partial charge on any atom is -0.508 e. The molecule has 1 aliphatic rings. The van der Waals surface area contributed by atoms with Gasteiger partial charge in [0.1, 0.15) is 11.8 Å². The van der Waals surface area contributed by atoms with Gasteiger partial charge < -0.3 is 10.2 Å². The van der Waals surface area contributed by atoms with Gasteiger partial charge in [0.2, 0.25) is 0 Å². The first-order valence-electron chi connectivity index (χ1n) is 4.94. The van der Waals surface area contributed by atoms with Crippen molar-refractivity contribution in [3.8, 4) is 5.75 Å². The van der Waals surface area contributed by atoms with E-state index in [0.29, 0.717) is 6.42 Å². The first kappa shape index (κ1) is 9.98. The Labute approximate surface area is 87.6 Å². The van der Waals surface area contributed by atoms with E-state index in [0.717, 1.165) is 12.0 Å². The molecule has 0 saturated carbocycles. The van der Waals surface area contributed by atoms with Crippen LogP contribution in [-0.2, 0) is 4.79 Å². The topological polar surface area (TPSA) is 69.6 Å². The molecule has 0 spiro atoms. The molecule has 1 saturated heterocycles. The second kappa shape index (κ2) is 3.90. The molecule has 1 aromatic rings. The fourth-order valence-corrected chi connectivity index (χ4v) is 1.91. The summed E-state index contributed by atoms with van der Waals surface area (Å²) in [5.41, 5.74) is 1.02. The number of phenols is 1. The number of rotatable bonds is 2. The number of nitrogens with one attached hydrogen (secondary N) is 1. The van der Waals surface area contributed by atoms with Crippen molar-refractivity contribution in [1.82, 2.24) is 5.32 Å². The first-order valence-corrected chi connectivity index (χ1v) is 4.94. The van der Waals surface area contributed by atoms with E-state index in [1.54, 1.807) is 12.1 Å². The van der Waals surface area contributed by atoms with Crippen molar-refractivity contribution in [2.75, 3.05) is 0 Å². The summed E-state index contributed by atoms with van der Waals surface area (Å²) in [6.45, 7) is 0. The lowest BCUT2D eigenvalue weighted by atomic mass is 10.1. The molecule has 1 aliphatic heterocycles. The Balaban J connectivity index is 2.07. The van der Waals surface area contributed by atoms with Crippen molar-refractivity contribution in [2.24, 2.45) is 0 Å². The molecule has 0 aromatic heterocycles. The third-order valence-electron chi connectivity index (χ3n) is 2.74. The number of phenolic OH excluding ortho intramolecular Hbond substituents is 1. The van der Waals surface area contributed by atoms with E-state index in [-0.39, 0.29) is 11.8 Å². The summed E-state index contributed by atoms with van der Waals surface area (Å²) < 4.78 is 0. The standard InChI is InChI=1S/C11H13NO3/c13-8-3-1-7(2-4-8)9-5-6-10(12-9)11(14)15/h1-4,9-10,12-13H,5-6H2,(H,14,15)/t9-,10-/m0/s1. The Kier molecular flexibility index (Phi) is 2.60. The van der Waals surface area contributed by atoms with Crippen LogP contribution in [0, 0.1) is 0 Å². The molecule has 1 heterocycles. The maximum absolute atomic E-state index is 10.7. The van der Waals surface area contributed by atoms with E-state index in [1.165, 1.54) is 0 Å². The van der Waals surface area contributed by atoms with Crippen molar-refractivity contribution in [2.45, 2.75) is 24.9 Å². The van der Waals surface area contributed by atoms with E-state index < -0.39 is 12.0 Å². The number of aromatic hydroxyl groups is 1. The van der Waals surface area contributed by atoms with E-state index in [9.17, 15) is 4.79 Å². The summed E-state index contributed by atoms with van der Waals surface area (Å²) in [6, 6.07) is 6.51. The highest BCUT2D eigenvalue weighted by Gasteiger charge is 2.29. The third-order valence-corrected chi connectivity index (χ3v) is 2.74. The first-order chi connectivity index (χ1) is 7.16. The molecule has 4 nitrogen and oxygen atoms in total. The number of aliphatic carboxylic acids is 1. The number of hydrogen-bond acceptors (Lipinski definition) is 3. The smallest absolute Gasteiger partial charge is 0.320 e. The third kappa shape index (κ3) is 2.10. The van der Waals surface area contributed by atoms with Gasteiger partial charge >= 0.3 is 5.97 Å². The quantitative estimate of drug-likeness (QED) is 0.683. The van der Waals surface area contributed by atoms with Gasteiger partial charge in [0, 0.05) is 6.04 Å². The monoisotopic (exact) mass is 207 g/mol. The highest BCUT2D eigenvalue weighted by atomic mass is 16.4. The molecular weight excluding hydrogens is 194 g/mol. The number of carbonyl (C=O) groups is 1. The summed E-state index contributed by atoms with van der Waals surface area (Å²) >= 11 is 0. The summed E-state index contributed by atoms with van der Waals surface area (Å²) in [5.74, 6) is -0.567. The van der Waals surface area contributed by atoms with E-state index in [1.807, 2.05) is 12.1 Å². The van der Waals surface area contributed by atoms with Gasteiger partial charge in [-0.2, -0.15) is 0 Å². The average molecular weight is 207 g/mol. The Morgan fingerprint density at radius 1 is 1.27 bits per heavy atom. The molecule has 0 bridgehead atoms. The van der Waals surface area contributed by atoms with Gasteiger partial charge in [-0.15, -0.1) is 0 Å². The molecular formula is C11H13NO3. The van der Waals surface area contributed by atoms with Crippen molar-refractivity contribution in [3.63, 3.8) is 0 Å². The van der Waals surface area contributed by atoms with E-state index in [4.69, 9.17) is 10.2 Å². The zero-order valence-electron chi connectivity index (χ0n) is 8.18. The second-order valence-electron chi connectivity index (χ2n) is 3.78. The number of carboxylic acids is 1. The second-order valence-corrected chi connectivity index (χ2v) is 3.78. The predicted octanol–water partition coefficient (Wildman–Crippen LogP) is 1.27. The van der Waals surface area contributed by atoms with Gasteiger partial charge in [-0.05, 0) is 30.5 Å². The van der Waals surface area contributed by atoms with Crippen molar-refractivity contribution >= 4 is 5.97 Å². The lowest BCUT2D eigenvalue weighted by molar-refractivity contribution is -0.139. The van der Waals surface area contributed by atoms with Crippen LogP contribution in [0.5, 0.6) is 5.75 Å². The van der Waals surface area contributed by atoms with Crippen LogP contribution in [0.1, 0.15) is 24.4 Å². The summed E-state index contributed by atoms with van der Waals surface area (Å²) in [5, 5.41) is 21.0. The summed E-state index contributed by atoms with van der Waals surface area (Å²) in [7, 11) is 0. The van der Waals surface area contributed by atoms with Crippen LogP contribution in [0.4, 0.5) is 0 Å². The minimum absolute atomic E-state index is 0.0895. The molecule has 1 fully saturated rings. The van der Waals surface area contributed by atoms with Gasteiger partial charge in [0.05, 0.1) is 0 Å². The molecule has 0 amide bonds. The highest BCUT2D eigenvalue weighted by molar-refractivity contribution is 5.73. The lowest BCUT2D eigenvalue weighted by Gasteiger charge is -2.11. The lowest BCUT2D eigenvalue weighted by Crippen LogP contribution is -2.31. The van der Waals surface area contributed by atoms with E-state index in [2.05, 4.69) is 5.32 Å².